The van der Waals surface area contributed by atoms with Crippen LogP contribution in [0.4, 0.5) is 15.8 Å². The number of anilines is 2. The van der Waals surface area contributed by atoms with Gasteiger partial charge >= 0.3 is 0 Å². The fourth-order valence-electron chi connectivity index (χ4n) is 4.90. The fraction of sp³-hybridized carbons (Fsp3) is 0.304. The maximum atomic E-state index is 13.2. The SMILES string of the molecule is Cn1c(=O)c(C#N)c(N2CC3(CCN(c4ccc(F)cc4)C3)C2)c2ccccc21. The Labute approximate surface area is 168 Å². The summed E-state index contributed by atoms with van der Waals surface area (Å²) in [5.74, 6) is -0.223. The molecule has 1 aromatic heterocycles. The highest BCUT2D eigenvalue weighted by Crippen LogP contribution is 2.45. The molecule has 0 amide bonds. The van der Waals surface area contributed by atoms with Crippen LogP contribution in [0.5, 0.6) is 0 Å². The molecule has 146 valence electrons. The zero-order chi connectivity index (χ0) is 20.2. The number of aromatic nitrogens is 1. The molecular weight excluding hydrogens is 367 g/mol. The number of rotatable bonds is 2. The number of fused-ring (bicyclic) bond motifs is 1. The minimum atomic E-state index is -0.249. The topological polar surface area (TPSA) is 52.3 Å². The molecule has 1 spiro atoms. The molecule has 6 heteroatoms. The van der Waals surface area contributed by atoms with E-state index in [4.69, 9.17) is 0 Å². The van der Waals surface area contributed by atoms with Gasteiger partial charge in [0.1, 0.15) is 17.4 Å². The molecule has 0 saturated carbocycles. The Bertz CT molecular complexity index is 1200. The molecule has 3 aromatic rings. The number of benzene rings is 2. The van der Waals surface area contributed by atoms with Crippen molar-refractivity contribution in [2.45, 2.75) is 6.42 Å². The van der Waals surface area contributed by atoms with Gasteiger partial charge < -0.3 is 14.4 Å². The van der Waals surface area contributed by atoms with E-state index in [-0.39, 0.29) is 22.4 Å². The van der Waals surface area contributed by atoms with Gasteiger partial charge in [0.2, 0.25) is 0 Å². The molecule has 0 N–H and O–H groups in total. The van der Waals surface area contributed by atoms with E-state index in [1.165, 1.54) is 12.1 Å². The normalized spacial score (nSPS) is 17.6. The third-order valence-electron chi connectivity index (χ3n) is 6.39. The van der Waals surface area contributed by atoms with E-state index < -0.39 is 0 Å². The zero-order valence-electron chi connectivity index (χ0n) is 16.2. The molecule has 2 aliphatic rings. The minimum Gasteiger partial charge on any atom is -0.371 e. The van der Waals surface area contributed by atoms with Crippen molar-refractivity contribution in [2.24, 2.45) is 12.5 Å². The third kappa shape index (κ3) is 2.69. The summed E-state index contributed by atoms with van der Waals surface area (Å²) in [6.07, 6.45) is 1.05. The van der Waals surface area contributed by atoms with Crippen LogP contribution in [0.25, 0.3) is 10.9 Å². The Balaban J connectivity index is 1.45. The van der Waals surface area contributed by atoms with E-state index in [0.29, 0.717) is 0 Å². The van der Waals surface area contributed by atoms with Crippen LogP contribution in [0, 0.1) is 22.6 Å². The van der Waals surface area contributed by atoms with Crippen LogP contribution in [-0.2, 0) is 7.05 Å². The molecular formula is C23H21FN4O. The highest BCUT2D eigenvalue weighted by molar-refractivity contribution is 5.95. The lowest BCUT2D eigenvalue weighted by atomic mass is 9.78. The highest BCUT2D eigenvalue weighted by Gasteiger charge is 2.48. The minimum absolute atomic E-state index is 0.142. The molecule has 5 nitrogen and oxygen atoms in total. The maximum absolute atomic E-state index is 13.2. The van der Waals surface area contributed by atoms with Gasteiger partial charge in [-0.15, -0.1) is 0 Å². The van der Waals surface area contributed by atoms with E-state index in [9.17, 15) is 14.4 Å². The standard InChI is InChI=1S/C23H21FN4O/c1-26-20-5-3-2-4-18(20)21(19(12-25)22(26)29)28-14-23(15-28)10-11-27(13-23)17-8-6-16(24)7-9-17/h2-9H,10-11,13-15H2,1H3. The Morgan fingerprint density at radius 1 is 1.03 bits per heavy atom. The first-order valence-electron chi connectivity index (χ1n) is 9.79. The summed E-state index contributed by atoms with van der Waals surface area (Å²) in [6.45, 7) is 3.47. The smallest absolute Gasteiger partial charge is 0.270 e. The molecule has 0 radical (unpaired) electrons. The molecule has 0 bridgehead atoms. The van der Waals surface area contributed by atoms with Gasteiger partial charge in [0.05, 0.1) is 11.2 Å². The quantitative estimate of drug-likeness (QED) is 0.676. The third-order valence-corrected chi connectivity index (χ3v) is 6.39. The number of hydrogen-bond acceptors (Lipinski definition) is 4. The van der Waals surface area contributed by atoms with Crippen molar-refractivity contribution in [2.75, 3.05) is 36.0 Å². The lowest BCUT2D eigenvalue weighted by Gasteiger charge is -2.50. The first-order chi connectivity index (χ1) is 14.0. The first kappa shape index (κ1) is 17.7. The maximum Gasteiger partial charge on any atom is 0.270 e. The number of halogens is 1. The molecule has 0 aliphatic carbocycles. The molecule has 5 rings (SSSR count). The van der Waals surface area contributed by atoms with Crippen LogP contribution >= 0.6 is 0 Å². The first-order valence-corrected chi connectivity index (χ1v) is 9.79. The Morgan fingerprint density at radius 2 is 1.72 bits per heavy atom. The predicted octanol–water partition coefficient (Wildman–Crippen LogP) is 3.27. The summed E-state index contributed by atoms with van der Waals surface area (Å²) < 4.78 is 14.8. The molecule has 2 aliphatic heterocycles. The van der Waals surface area contributed by atoms with Gasteiger partial charge in [0, 0.05) is 49.7 Å². The van der Waals surface area contributed by atoms with Crippen molar-refractivity contribution in [1.29, 1.82) is 5.26 Å². The predicted molar refractivity (Wildman–Crippen MR) is 112 cm³/mol. The van der Waals surface area contributed by atoms with Gasteiger partial charge in [-0.2, -0.15) is 5.26 Å². The number of nitrogens with zero attached hydrogens (tertiary/aromatic N) is 4. The van der Waals surface area contributed by atoms with Gasteiger partial charge in [0.25, 0.3) is 5.56 Å². The molecule has 3 heterocycles. The van der Waals surface area contributed by atoms with Crippen LogP contribution in [0.2, 0.25) is 0 Å². The van der Waals surface area contributed by atoms with Crippen molar-refractivity contribution in [1.82, 2.24) is 4.57 Å². The largest absolute Gasteiger partial charge is 0.371 e. The average molecular weight is 388 g/mol. The summed E-state index contributed by atoms with van der Waals surface area (Å²) in [6, 6.07) is 16.5. The number of pyridine rings is 1. The lowest BCUT2D eigenvalue weighted by Crippen LogP contribution is -2.58. The number of nitriles is 1. The van der Waals surface area contributed by atoms with Crippen molar-refractivity contribution in [3.63, 3.8) is 0 Å². The fourth-order valence-corrected chi connectivity index (χ4v) is 4.90. The van der Waals surface area contributed by atoms with E-state index in [0.717, 1.165) is 54.9 Å². The van der Waals surface area contributed by atoms with E-state index >= 15 is 0 Å². The van der Waals surface area contributed by atoms with Crippen LogP contribution in [-0.4, -0.2) is 30.7 Å². The van der Waals surface area contributed by atoms with E-state index in [2.05, 4.69) is 15.9 Å². The van der Waals surface area contributed by atoms with Crippen LogP contribution in [0.3, 0.4) is 0 Å². The number of hydrogen-bond donors (Lipinski definition) is 0. The van der Waals surface area contributed by atoms with Gasteiger partial charge in [-0.3, -0.25) is 4.79 Å². The number of aryl methyl sites for hydroxylation is 1. The molecule has 2 aromatic carbocycles. The Hall–Kier alpha value is -3.33. The van der Waals surface area contributed by atoms with Crippen molar-refractivity contribution < 1.29 is 4.39 Å². The summed E-state index contributed by atoms with van der Waals surface area (Å²) >= 11 is 0. The highest BCUT2D eigenvalue weighted by atomic mass is 19.1. The van der Waals surface area contributed by atoms with Gasteiger partial charge in [-0.05, 0) is 36.8 Å². The molecule has 0 atom stereocenters. The Kier molecular flexibility index (Phi) is 3.88. The van der Waals surface area contributed by atoms with E-state index in [1.807, 2.05) is 36.4 Å². The lowest BCUT2D eigenvalue weighted by molar-refractivity contribution is 0.247. The van der Waals surface area contributed by atoms with Crippen molar-refractivity contribution in [3.8, 4) is 6.07 Å². The summed E-state index contributed by atoms with van der Waals surface area (Å²) in [5, 5.41) is 10.6. The molecule has 29 heavy (non-hydrogen) atoms. The molecule has 2 fully saturated rings. The summed E-state index contributed by atoms with van der Waals surface area (Å²) in [7, 11) is 1.71. The summed E-state index contributed by atoms with van der Waals surface area (Å²) in [4.78, 5) is 17.2. The van der Waals surface area contributed by atoms with Crippen molar-refractivity contribution >= 4 is 22.3 Å². The second-order valence-electron chi connectivity index (χ2n) is 8.22. The van der Waals surface area contributed by atoms with Crippen molar-refractivity contribution in [3.05, 3.63) is 70.3 Å². The monoisotopic (exact) mass is 388 g/mol. The zero-order valence-corrected chi connectivity index (χ0v) is 16.2. The second kappa shape index (κ2) is 6.35. The van der Waals surface area contributed by atoms with Gasteiger partial charge in [0.15, 0.2) is 0 Å². The van der Waals surface area contributed by atoms with E-state index in [1.54, 1.807) is 11.6 Å². The van der Waals surface area contributed by atoms with Crippen LogP contribution in [0.15, 0.2) is 53.3 Å². The molecule has 2 saturated heterocycles. The Morgan fingerprint density at radius 3 is 2.45 bits per heavy atom. The van der Waals surface area contributed by atoms with Gasteiger partial charge in [-0.25, -0.2) is 4.39 Å². The van der Waals surface area contributed by atoms with Gasteiger partial charge in [-0.1, -0.05) is 18.2 Å². The van der Waals surface area contributed by atoms with Crippen LogP contribution in [0.1, 0.15) is 12.0 Å². The van der Waals surface area contributed by atoms with Crippen LogP contribution < -0.4 is 15.4 Å². The molecule has 0 unspecified atom stereocenters. The number of para-hydroxylation sites is 1. The summed E-state index contributed by atoms with van der Waals surface area (Å²) in [5.41, 5.74) is 2.75. The average Bonchev–Trinajstić information content (AvgIpc) is 3.16. The second-order valence-corrected chi connectivity index (χ2v) is 8.22.